The maximum Gasteiger partial charge on any atom is 0.258 e. The largest absolute Gasteiger partial charge is 0.486 e. The monoisotopic (exact) mass is 336 g/mol. The molecule has 0 aliphatic carbocycles. The lowest BCUT2D eigenvalue weighted by atomic mass is 10.2. The Labute approximate surface area is 138 Å². The summed E-state index contributed by atoms with van der Waals surface area (Å²) in [4.78, 5) is 13.5. The Morgan fingerprint density at radius 1 is 1.39 bits per heavy atom. The molecule has 0 unspecified atom stereocenters. The molecule has 0 fully saturated rings. The van der Waals surface area contributed by atoms with Crippen molar-refractivity contribution < 1.29 is 14.3 Å². The van der Waals surface area contributed by atoms with Crippen molar-refractivity contribution in [3.05, 3.63) is 34.5 Å². The van der Waals surface area contributed by atoms with Crippen LogP contribution in [0.5, 0.6) is 11.5 Å². The molecule has 0 saturated carbocycles. The van der Waals surface area contributed by atoms with E-state index in [1.807, 2.05) is 12.1 Å². The minimum absolute atomic E-state index is 0.124. The maximum absolute atomic E-state index is 12.1. The number of hydrogen-bond acceptors (Lipinski definition) is 5. The number of H-pyrrole nitrogens is 1. The normalized spacial score (nSPS) is 12.8. The third kappa shape index (κ3) is 3.19. The van der Waals surface area contributed by atoms with Crippen molar-refractivity contribution in [2.75, 3.05) is 32.6 Å². The molecule has 1 aromatic carbocycles. The highest BCUT2D eigenvalue weighted by Crippen LogP contribution is 2.38. The van der Waals surface area contributed by atoms with E-state index in [-0.39, 0.29) is 5.91 Å². The van der Waals surface area contributed by atoms with Crippen molar-refractivity contribution in [1.82, 2.24) is 15.1 Å². The van der Waals surface area contributed by atoms with E-state index < -0.39 is 0 Å². The van der Waals surface area contributed by atoms with Crippen LogP contribution in [-0.2, 0) is 6.54 Å². The molecule has 1 aliphatic heterocycles. The lowest BCUT2D eigenvalue weighted by molar-refractivity contribution is 0.0828. The number of ether oxygens (including phenoxy) is 2. The summed E-state index contributed by atoms with van der Waals surface area (Å²) in [6.07, 6.45) is 1.50. The van der Waals surface area contributed by atoms with E-state index in [4.69, 9.17) is 21.1 Å². The number of carbonyl (C=O) groups is 1. The molecular formula is C15H17ClN4O3. The summed E-state index contributed by atoms with van der Waals surface area (Å²) in [5, 5.41) is 10.4. The maximum atomic E-state index is 12.1. The number of aromatic amines is 1. The molecule has 2 heterocycles. The number of hydrogen-bond donors (Lipinski definition) is 2. The summed E-state index contributed by atoms with van der Waals surface area (Å²) in [5.41, 5.74) is 1.40. The highest BCUT2D eigenvalue weighted by Gasteiger charge is 2.18. The number of nitrogens with zero attached hydrogens (tertiary/aromatic N) is 2. The zero-order valence-corrected chi connectivity index (χ0v) is 13.6. The van der Waals surface area contributed by atoms with Gasteiger partial charge in [-0.05, 0) is 17.7 Å². The van der Waals surface area contributed by atoms with E-state index in [1.54, 1.807) is 14.1 Å². The highest BCUT2D eigenvalue weighted by molar-refractivity contribution is 6.32. The molecule has 1 aliphatic rings. The first kappa shape index (κ1) is 15.5. The average Bonchev–Trinajstić information content (AvgIpc) is 3.00. The summed E-state index contributed by atoms with van der Waals surface area (Å²) in [6.45, 7) is 1.46. The molecule has 1 aromatic heterocycles. The molecule has 3 rings (SSSR count). The Balaban J connectivity index is 1.76. The van der Waals surface area contributed by atoms with Gasteiger partial charge in [0, 0.05) is 20.6 Å². The van der Waals surface area contributed by atoms with Crippen molar-refractivity contribution in [1.29, 1.82) is 0 Å². The summed E-state index contributed by atoms with van der Waals surface area (Å²) in [6, 6.07) is 3.68. The number of nitrogens with one attached hydrogen (secondary N) is 2. The number of fused-ring (bicyclic) bond motifs is 1. The summed E-state index contributed by atoms with van der Waals surface area (Å²) < 4.78 is 11.1. The minimum Gasteiger partial charge on any atom is -0.486 e. The van der Waals surface area contributed by atoms with Crippen LogP contribution in [0.4, 0.5) is 5.82 Å². The molecule has 0 radical (unpaired) electrons. The number of anilines is 1. The molecule has 1 amide bonds. The van der Waals surface area contributed by atoms with Gasteiger partial charge in [0.2, 0.25) is 0 Å². The Morgan fingerprint density at radius 2 is 2.17 bits per heavy atom. The van der Waals surface area contributed by atoms with Crippen molar-refractivity contribution >= 4 is 23.3 Å². The van der Waals surface area contributed by atoms with E-state index in [1.165, 1.54) is 11.1 Å². The Hall–Kier alpha value is -2.41. The Kier molecular flexibility index (Phi) is 4.29. The second-order valence-corrected chi connectivity index (χ2v) is 5.72. The van der Waals surface area contributed by atoms with Crippen molar-refractivity contribution in [3.63, 3.8) is 0 Å². The quantitative estimate of drug-likeness (QED) is 0.894. The van der Waals surface area contributed by atoms with Crippen molar-refractivity contribution in [2.24, 2.45) is 0 Å². The standard InChI is InChI=1S/C15H17ClN4O3/c1-20(2)15(21)10-8-18-19-14(10)17-7-9-5-11(16)13-12(6-9)22-3-4-23-13/h5-6,8H,3-4,7H2,1-2H3,(H2,17,18,19). The fourth-order valence-electron chi connectivity index (χ4n) is 2.28. The van der Waals surface area contributed by atoms with Gasteiger partial charge in [-0.2, -0.15) is 5.10 Å². The molecule has 2 N–H and O–H groups in total. The van der Waals surface area contributed by atoms with Gasteiger partial charge in [0.15, 0.2) is 11.5 Å². The average molecular weight is 337 g/mol. The number of benzene rings is 1. The minimum atomic E-state index is -0.124. The van der Waals surface area contributed by atoms with Crippen LogP contribution in [-0.4, -0.2) is 48.3 Å². The molecule has 0 atom stereocenters. The number of halogens is 1. The van der Waals surface area contributed by atoms with Gasteiger partial charge in [-0.15, -0.1) is 0 Å². The lowest BCUT2D eigenvalue weighted by Gasteiger charge is -2.20. The number of carbonyl (C=O) groups excluding carboxylic acids is 1. The van der Waals surface area contributed by atoms with Crippen LogP contribution in [0, 0.1) is 0 Å². The van der Waals surface area contributed by atoms with Gasteiger partial charge in [0.05, 0.1) is 11.2 Å². The van der Waals surface area contributed by atoms with Crippen LogP contribution >= 0.6 is 11.6 Å². The first-order valence-electron chi connectivity index (χ1n) is 7.13. The van der Waals surface area contributed by atoms with Crippen LogP contribution in [0.1, 0.15) is 15.9 Å². The molecule has 0 bridgehead atoms. The molecule has 23 heavy (non-hydrogen) atoms. The Bertz CT molecular complexity index is 730. The van der Waals surface area contributed by atoms with E-state index in [0.29, 0.717) is 47.7 Å². The Morgan fingerprint density at radius 3 is 2.96 bits per heavy atom. The molecule has 0 saturated heterocycles. The second kappa shape index (κ2) is 6.37. The van der Waals surface area contributed by atoms with Gasteiger partial charge in [-0.1, -0.05) is 11.6 Å². The molecule has 7 nitrogen and oxygen atoms in total. The molecule has 0 spiro atoms. The van der Waals surface area contributed by atoms with Crippen LogP contribution < -0.4 is 14.8 Å². The van der Waals surface area contributed by atoms with Gasteiger partial charge < -0.3 is 19.7 Å². The first-order chi connectivity index (χ1) is 11.1. The third-order valence-electron chi connectivity index (χ3n) is 3.40. The lowest BCUT2D eigenvalue weighted by Crippen LogP contribution is -2.22. The van der Waals surface area contributed by atoms with Crippen LogP contribution in [0.15, 0.2) is 18.3 Å². The SMILES string of the molecule is CN(C)C(=O)c1cn[nH]c1NCc1cc(Cl)c2c(c1)OCCO2. The number of rotatable bonds is 4. The first-order valence-corrected chi connectivity index (χ1v) is 7.51. The predicted octanol–water partition coefficient (Wildman–Crippen LogP) is 2.15. The van der Waals surface area contributed by atoms with E-state index in [9.17, 15) is 4.79 Å². The van der Waals surface area contributed by atoms with Crippen LogP contribution in [0.3, 0.4) is 0 Å². The highest BCUT2D eigenvalue weighted by atomic mass is 35.5. The predicted molar refractivity (Wildman–Crippen MR) is 86.4 cm³/mol. The molecule has 122 valence electrons. The molecular weight excluding hydrogens is 320 g/mol. The fraction of sp³-hybridized carbons (Fsp3) is 0.333. The summed E-state index contributed by atoms with van der Waals surface area (Å²) in [7, 11) is 3.39. The van der Waals surface area contributed by atoms with Crippen molar-refractivity contribution in [2.45, 2.75) is 6.54 Å². The second-order valence-electron chi connectivity index (χ2n) is 5.31. The van der Waals surface area contributed by atoms with E-state index >= 15 is 0 Å². The van der Waals surface area contributed by atoms with Crippen LogP contribution in [0.2, 0.25) is 5.02 Å². The topological polar surface area (TPSA) is 79.5 Å². The molecule has 2 aromatic rings. The zero-order chi connectivity index (χ0) is 16.4. The number of amides is 1. The summed E-state index contributed by atoms with van der Waals surface area (Å²) >= 11 is 6.22. The summed E-state index contributed by atoms with van der Waals surface area (Å²) in [5.74, 6) is 1.65. The fourth-order valence-corrected chi connectivity index (χ4v) is 2.57. The number of aromatic nitrogens is 2. The molecule has 8 heteroatoms. The van der Waals surface area contributed by atoms with Crippen molar-refractivity contribution in [3.8, 4) is 11.5 Å². The van der Waals surface area contributed by atoms with Gasteiger partial charge in [-0.25, -0.2) is 0 Å². The van der Waals surface area contributed by atoms with Crippen LogP contribution in [0.25, 0.3) is 0 Å². The van der Waals surface area contributed by atoms with Gasteiger partial charge in [0.25, 0.3) is 5.91 Å². The zero-order valence-electron chi connectivity index (χ0n) is 12.9. The van der Waals surface area contributed by atoms with E-state index in [2.05, 4.69) is 15.5 Å². The van der Waals surface area contributed by atoms with E-state index in [0.717, 1.165) is 5.56 Å². The van der Waals surface area contributed by atoms with Gasteiger partial charge >= 0.3 is 0 Å². The smallest absolute Gasteiger partial charge is 0.258 e. The van der Waals surface area contributed by atoms with Gasteiger partial charge in [-0.3, -0.25) is 9.89 Å². The van der Waals surface area contributed by atoms with Gasteiger partial charge in [0.1, 0.15) is 24.6 Å². The third-order valence-corrected chi connectivity index (χ3v) is 3.68.